The Bertz CT molecular complexity index is 2330. The number of nitrogens with zero attached hydrogens (tertiary/aromatic N) is 4. The monoisotopic (exact) mass is 464 g/mol. The Kier molecular flexibility index (Phi) is 3.20. The van der Waals surface area contributed by atoms with Crippen LogP contribution in [0.25, 0.3) is 77.3 Å². The second kappa shape index (κ2) is 6.31. The number of benzene rings is 4. The van der Waals surface area contributed by atoms with Crippen molar-refractivity contribution in [3.63, 3.8) is 0 Å². The lowest BCUT2D eigenvalue weighted by molar-refractivity contribution is 0.635. The lowest BCUT2D eigenvalue weighted by Crippen LogP contribution is -1.94. The third-order valence-corrected chi connectivity index (χ3v) is 7.21. The molecule has 9 rings (SSSR count). The van der Waals surface area contributed by atoms with Crippen LogP contribution in [0, 0.1) is 0 Å². The summed E-state index contributed by atoms with van der Waals surface area (Å²) in [6.45, 7) is 0. The number of imidazole rings is 1. The smallest absolute Gasteiger partial charge is 0.249 e. The fourth-order valence-electron chi connectivity index (χ4n) is 5.67. The zero-order chi connectivity index (χ0) is 23.4. The topological polar surface area (TPSA) is 61.4 Å². The third kappa shape index (κ3) is 2.17. The van der Waals surface area contributed by atoms with Crippen molar-refractivity contribution in [2.75, 3.05) is 0 Å². The highest BCUT2D eigenvalue weighted by Gasteiger charge is 2.21. The average molecular weight is 464 g/mol. The summed E-state index contributed by atoms with van der Waals surface area (Å²) in [5.41, 5.74) is 7.89. The SMILES string of the molecule is c1ccc2c(c1)oc1cc3c(cc12)c1ccccc1n3-c1cccc2c1oc1c2nc2cccnn21. The van der Waals surface area contributed by atoms with Crippen LogP contribution in [0.15, 0.2) is 106 Å². The van der Waals surface area contributed by atoms with Gasteiger partial charge in [-0.05, 0) is 42.5 Å². The van der Waals surface area contributed by atoms with Crippen molar-refractivity contribution in [3.8, 4) is 5.69 Å². The van der Waals surface area contributed by atoms with E-state index in [2.05, 4.69) is 76.4 Å². The maximum atomic E-state index is 6.49. The molecule has 9 aromatic rings. The summed E-state index contributed by atoms with van der Waals surface area (Å²) < 4.78 is 16.8. The summed E-state index contributed by atoms with van der Waals surface area (Å²) in [7, 11) is 0. The number of furan rings is 2. The first kappa shape index (κ1) is 18.3. The molecule has 0 aliphatic carbocycles. The van der Waals surface area contributed by atoms with Crippen LogP contribution in [0.3, 0.4) is 0 Å². The Morgan fingerprint density at radius 2 is 1.47 bits per heavy atom. The van der Waals surface area contributed by atoms with Crippen LogP contribution in [0.4, 0.5) is 0 Å². The van der Waals surface area contributed by atoms with Gasteiger partial charge in [0.15, 0.2) is 11.2 Å². The van der Waals surface area contributed by atoms with Gasteiger partial charge >= 0.3 is 0 Å². The summed E-state index contributed by atoms with van der Waals surface area (Å²) in [5.74, 6) is 0. The first-order valence-corrected chi connectivity index (χ1v) is 11.8. The van der Waals surface area contributed by atoms with Crippen LogP contribution in [0.2, 0.25) is 0 Å². The molecular weight excluding hydrogens is 448 g/mol. The van der Waals surface area contributed by atoms with E-state index in [9.17, 15) is 0 Å². The molecular formula is C30H16N4O2. The molecule has 36 heavy (non-hydrogen) atoms. The Labute approximate surface area is 202 Å². The van der Waals surface area contributed by atoms with E-state index in [-0.39, 0.29) is 0 Å². The van der Waals surface area contributed by atoms with Crippen molar-refractivity contribution in [3.05, 3.63) is 97.2 Å². The molecule has 6 heteroatoms. The molecule has 0 atom stereocenters. The van der Waals surface area contributed by atoms with E-state index >= 15 is 0 Å². The van der Waals surface area contributed by atoms with Gasteiger partial charge in [0.1, 0.15) is 16.7 Å². The van der Waals surface area contributed by atoms with Crippen LogP contribution < -0.4 is 0 Å². The number of hydrogen-bond donors (Lipinski definition) is 0. The minimum absolute atomic E-state index is 0.647. The molecule has 5 heterocycles. The minimum atomic E-state index is 0.647. The van der Waals surface area contributed by atoms with Crippen molar-refractivity contribution in [2.24, 2.45) is 0 Å². The fraction of sp³-hybridized carbons (Fsp3) is 0. The van der Waals surface area contributed by atoms with Gasteiger partial charge in [-0.15, -0.1) is 0 Å². The highest BCUT2D eigenvalue weighted by molar-refractivity contribution is 6.18. The van der Waals surface area contributed by atoms with Gasteiger partial charge < -0.3 is 13.4 Å². The van der Waals surface area contributed by atoms with Gasteiger partial charge in [0.05, 0.1) is 22.1 Å². The Morgan fingerprint density at radius 3 is 2.44 bits per heavy atom. The standard InChI is InChI=1S/C30H16N4O2/c1-3-10-22-17(7-1)20-15-21-18-8-2-4-12-25(18)35-26(21)16-24(20)33(22)23-11-5-9-19-28-30(36-29(19)23)34-27(32-28)13-6-14-31-34/h1-16H. The summed E-state index contributed by atoms with van der Waals surface area (Å²) in [6.07, 6.45) is 1.74. The molecule has 0 radical (unpaired) electrons. The molecule has 0 amide bonds. The molecule has 0 N–H and O–H groups in total. The molecule has 0 aliphatic rings. The Morgan fingerprint density at radius 1 is 0.611 bits per heavy atom. The van der Waals surface area contributed by atoms with Crippen LogP contribution in [0.1, 0.15) is 0 Å². The molecule has 0 saturated heterocycles. The zero-order valence-corrected chi connectivity index (χ0v) is 18.8. The van der Waals surface area contributed by atoms with Crippen LogP contribution in [-0.2, 0) is 0 Å². The van der Waals surface area contributed by atoms with Gasteiger partial charge in [0.25, 0.3) is 0 Å². The first-order valence-electron chi connectivity index (χ1n) is 11.8. The van der Waals surface area contributed by atoms with Gasteiger partial charge in [-0.2, -0.15) is 9.61 Å². The van der Waals surface area contributed by atoms with E-state index in [1.54, 1.807) is 10.7 Å². The number of hydrogen-bond acceptors (Lipinski definition) is 4. The van der Waals surface area contributed by atoms with E-state index in [0.29, 0.717) is 5.71 Å². The Balaban J connectivity index is 1.45. The van der Waals surface area contributed by atoms with Gasteiger partial charge in [-0.1, -0.05) is 42.5 Å². The van der Waals surface area contributed by atoms with E-state index < -0.39 is 0 Å². The molecule has 5 aromatic heterocycles. The van der Waals surface area contributed by atoms with Crippen molar-refractivity contribution in [2.45, 2.75) is 0 Å². The van der Waals surface area contributed by atoms with E-state index in [1.165, 1.54) is 10.8 Å². The maximum absolute atomic E-state index is 6.49. The van der Waals surface area contributed by atoms with Gasteiger partial charge in [0, 0.05) is 33.8 Å². The molecule has 0 fully saturated rings. The van der Waals surface area contributed by atoms with Crippen LogP contribution in [-0.4, -0.2) is 19.2 Å². The summed E-state index contributed by atoms with van der Waals surface area (Å²) in [6, 6.07) is 31.1. The van der Waals surface area contributed by atoms with Crippen LogP contribution in [0.5, 0.6) is 0 Å². The Hall–Kier alpha value is -5.10. The molecule has 6 nitrogen and oxygen atoms in total. The van der Waals surface area contributed by atoms with Crippen molar-refractivity contribution in [1.29, 1.82) is 0 Å². The second-order valence-electron chi connectivity index (χ2n) is 9.13. The quantitative estimate of drug-likeness (QED) is 0.251. The number of rotatable bonds is 1. The fourth-order valence-corrected chi connectivity index (χ4v) is 5.67. The normalized spacial score (nSPS) is 12.4. The van der Waals surface area contributed by atoms with Gasteiger partial charge in [-0.3, -0.25) is 0 Å². The highest BCUT2D eigenvalue weighted by Crippen LogP contribution is 2.40. The number of aromatic nitrogens is 4. The van der Waals surface area contributed by atoms with Crippen molar-refractivity contribution in [1.82, 2.24) is 19.2 Å². The predicted molar refractivity (Wildman–Crippen MR) is 142 cm³/mol. The van der Waals surface area contributed by atoms with E-state index in [0.717, 1.165) is 60.8 Å². The molecule has 0 unspecified atom stereocenters. The lowest BCUT2D eigenvalue weighted by Gasteiger charge is -2.08. The first-order chi connectivity index (χ1) is 17.8. The van der Waals surface area contributed by atoms with Crippen molar-refractivity contribution < 1.29 is 8.83 Å². The zero-order valence-electron chi connectivity index (χ0n) is 18.8. The summed E-state index contributed by atoms with van der Waals surface area (Å²) in [4.78, 5) is 4.80. The molecule has 0 spiro atoms. The van der Waals surface area contributed by atoms with Gasteiger partial charge in [0.2, 0.25) is 5.71 Å². The van der Waals surface area contributed by atoms with E-state index in [4.69, 9.17) is 13.8 Å². The second-order valence-corrected chi connectivity index (χ2v) is 9.13. The minimum Gasteiger partial charge on any atom is -0.456 e. The average Bonchev–Trinajstić information content (AvgIpc) is 3.65. The molecule has 4 aromatic carbocycles. The number of para-hydroxylation sites is 3. The van der Waals surface area contributed by atoms with Crippen molar-refractivity contribution >= 4 is 71.6 Å². The molecule has 168 valence electrons. The van der Waals surface area contributed by atoms with Gasteiger partial charge in [-0.25, -0.2) is 4.98 Å². The third-order valence-electron chi connectivity index (χ3n) is 7.21. The van der Waals surface area contributed by atoms with Crippen LogP contribution >= 0.6 is 0 Å². The highest BCUT2D eigenvalue weighted by atomic mass is 16.3. The maximum Gasteiger partial charge on any atom is 0.249 e. The molecule has 0 saturated carbocycles. The van der Waals surface area contributed by atoms with E-state index in [1.807, 2.05) is 24.3 Å². The predicted octanol–water partition coefficient (Wildman–Crippen LogP) is 7.63. The molecule has 0 bridgehead atoms. The lowest BCUT2D eigenvalue weighted by atomic mass is 10.1. The summed E-state index contributed by atoms with van der Waals surface area (Å²) >= 11 is 0. The number of fused-ring (bicyclic) bond motifs is 11. The largest absolute Gasteiger partial charge is 0.456 e. The summed E-state index contributed by atoms with van der Waals surface area (Å²) in [5, 5.41) is 10.0. The molecule has 0 aliphatic heterocycles.